The number of aliphatic carboxylic acids is 1. The summed E-state index contributed by atoms with van der Waals surface area (Å²) in [6, 6.07) is 10.8. The van der Waals surface area contributed by atoms with Crippen LogP contribution < -0.4 is 5.56 Å². The van der Waals surface area contributed by atoms with Crippen LogP contribution in [0.2, 0.25) is 0 Å². The van der Waals surface area contributed by atoms with Gasteiger partial charge in [-0.15, -0.1) is 0 Å². The van der Waals surface area contributed by atoms with Gasteiger partial charge in [-0.1, -0.05) is 17.7 Å². The minimum absolute atomic E-state index is 0.0440. The Morgan fingerprint density at radius 3 is 2.89 bits per heavy atom. The second-order valence-corrected chi connectivity index (χ2v) is 8.19. The first-order chi connectivity index (χ1) is 13.5. The zero-order chi connectivity index (χ0) is 19.4. The van der Waals surface area contributed by atoms with Gasteiger partial charge in [0.2, 0.25) is 0 Å². The highest BCUT2D eigenvalue weighted by Gasteiger charge is 2.40. The zero-order valence-corrected chi connectivity index (χ0v) is 15.8. The first-order valence-electron chi connectivity index (χ1n) is 9.75. The summed E-state index contributed by atoms with van der Waals surface area (Å²) in [5.74, 6) is -0.344. The van der Waals surface area contributed by atoms with Gasteiger partial charge in [-0.2, -0.15) is 0 Å². The van der Waals surface area contributed by atoms with Gasteiger partial charge in [0, 0.05) is 60.0 Å². The van der Waals surface area contributed by atoms with E-state index in [0.29, 0.717) is 25.6 Å². The maximum atomic E-state index is 12.3. The second-order valence-electron chi connectivity index (χ2n) is 8.19. The summed E-state index contributed by atoms with van der Waals surface area (Å²) in [6.45, 7) is 4.02. The monoisotopic (exact) mass is 377 g/mol. The molecule has 0 radical (unpaired) electrons. The summed E-state index contributed by atoms with van der Waals surface area (Å²) < 4.78 is 1.88. The van der Waals surface area contributed by atoms with Crippen molar-refractivity contribution < 1.29 is 9.90 Å². The molecule has 5 rings (SSSR count). The zero-order valence-electron chi connectivity index (χ0n) is 15.8. The molecule has 0 amide bonds. The van der Waals surface area contributed by atoms with E-state index in [4.69, 9.17) is 0 Å². The maximum absolute atomic E-state index is 12.3. The Kier molecular flexibility index (Phi) is 3.91. The van der Waals surface area contributed by atoms with Crippen molar-refractivity contribution >= 4 is 16.9 Å². The van der Waals surface area contributed by atoms with E-state index >= 15 is 0 Å². The van der Waals surface area contributed by atoms with Gasteiger partial charge in [-0.3, -0.25) is 14.5 Å². The molecule has 0 aliphatic carbocycles. The molecule has 0 unspecified atom stereocenters. The van der Waals surface area contributed by atoms with Gasteiger partial charge in [0.25, 0.3) is 5.56 Å². The van der Waals surface area contributed by atoms with Crippen LogP contribution in [-0.4, -0.2) is 38.6 Å². The number of hydrogen-bond donors (Lipinski definition) is 2. The molecule has 2 aliphatic rings. The number of carbonyl (C=O) groups is 1. The van der Waals surface area contributed by atoms with Gasteiger partial charge >= 0.3 is 5.97 Å². The summed E-state index contributed by atoms with van der Waals surface area (Å²) >= 11 is 0. The Labute approximate surface area is 162 Å². The first kappa shape index (κ1) is 17.3. The van der Waals surface area contributed by atoms with Crippen LogP contribution in [-0.2, 0) is 11.3 Å². The lowest BCUT2D eigenvalue weighted by Gasteiger charge is -2.44. The smallest absolute Gasteiger partial charge is 0.325 e. The number of carboxylic acid groups (broad SMARTS) is 1. The molecule has 2 bridgehead atoms. The van der Waals surface area contributed by atoms with Crippen LogP contribution in [0.4, 0.5) is 0 Å². The quantitative estimate of drug-likeness (QED) is 0.736. The number of aryl methyl sites for hydroxylation is 1. The number of nitrogens with one attached hydrogen (secondary N) is 1. The summed E-state index contributed by atoms with van der Waals surface area (Å²) in [6.07, 6.45) is 2.85. The van der Waals surface area contributed by atoms with Gasteiger partial charge in [0.15, 0.2) is 0 Å². The molecule has 1 aromatic carbocycles. The van der Waals surface area contributed by atoms with Gasteiger partial charge in [0.05, 0.1) is 0 Å². The molecule has 3 aromatic rings. The van der Waals surface area contributed by atoms with Gasteiger partial charge in [-0.25, -0.2) is 0 Å². The highest BCUT2D eigenvalue weighted by molar-refractivity contribution is 5.89. The largest absolute Gasteiger partial charge is 0.480 e. The molecule has 3 atom stereocenters. The van der Waals surface area contributed by atoms with Crippen LogP contribution in [0, 0.1) is 12.8 Å². The molecule has 28 heavy (non-hydrogen) atoms. The first-order valence-corrected chi connectivity index (χ1v) is 9.75. The molecule has 6 heteroatoms. The van der Waals surface area contributed by atoms with Crippen LogP contribution >= 0.6 is 0 Å². The third kappa shape index (κ3) is 2.67. The molecular weight excluding hydrogens is 354 g/mol. The Hall–Kier alpha value is -2.86. The van der Waals surface area contributed by atoms with Crippen molar-refractivity contribution in [1.29, 1.82) is 0 Å². The molecule has 2 aromatic heterocycles. The number of piperidine rings is 1. The van der Waals surface area contributed by atoms with E-state index in [-0.39, 0.29) is 11.5 Å². The Morgan fingerprint density at radius 2 is 2.07 bits per heavy atom. The van der Waals surface area contributed by atoms with Crippen molar-refractivity contribution in [1.82, 2.24) is 14.5 Å². The molecule has 144 valence electrons. The van der Waals surface area contributed by atoms with Crippen molar-refractivity contribution in [2.75, 3.05) is 13.1 Å². The van der Waals surface area contributed by atoms with E-state index in [1.54, 1.807) is 6.07 Å². The van der Waals surface area contributed by atoms with Gasteiger partial charge in [-0.05, 0) is 37.5 Å². The molecule has 0 spiro atoms. The van der Waals surface area contributed by atoms with Crippen molar-refractivity contribution in [2.24, 2.45) is 5.92 Å². The topological polar surface area (TPSA) is 78.3 Å². The van der Waals surface area contributed by atoms with Gasteiger partial charge < -0.3 is 14.7 Å². The van der Waals surface area contributed by atoms with Crippen LogP contribution in [0.3, 0.4) is 0 Å². The third-order valence-electron chi connectivity index (χ3n) is 6.27. The number of benzene rings is 1. The molecule has 1 fully saturated rings. The van der Waals surface area contributed by atoms with Crippen molar-refractivity contribution in [3.8, 4) is 0 Å². The van der Waals surface area contributed by atoms with Crippen molar-refractivity contribution in [3.05, 3.63) is 69.8 Å². The number of pyridine rings is 1. The van der Waals surface area contributed by atoms with Crippen molar-refractivity contribution in [2.45, 2.75) is 31.8 Å². The highest BCUT2D eigenvalue weighted by Crippen LogP contribution is 2.39. The normalized spacial score (nSPS) is 22.8. The minimum Gasteiger partial charge on any atom is -0.480 e. The molecule has 6 nitrogen and oxygen atoms in total. The van der Waals surface area contributed by atoms with Crippen LogP contribution in [0.5, 0.6) is 0 Å². The number of H-pyrrole nitrogens is 1. The van der Waals surface area contributed by atoms with Crippen molar-refractivity contribution in [3.63, 3.8) is 0 Å². The SMILES string of the molecule is Cc1ccc2[nH]cc([C@@H](C(=O)O)N3C[C@H]4C[C@H](C3)c3cccc(=O)n3C4)c2c1. The number of fused-ring (bicyclic) bond motifs is 5. The lowest BCUT2D eigenvalue weighted by atomic mass is 9.82. The molecule has 2 N–H and O–H groups in total. The minimum atomic E-state index is -0.826. The number of carboxylic acids is 1. The summed E-state index contributed by atoms with van der Waals surface area (Å²) in [7, 11) is 0. The number of nitrogens with zero attached hydrogens (tertiary/aromatic N) is 2. The predicted octanol–water partition coefficient (Wildman–Crippen LogP) is 2.88. The average molecular weight is 377 g/mol. The van der Waals surface area contributed by atoms with E-state index in [1.807, 2.05) is 42.0 Å². The fraction of sp³-hybridized carbons (Fsp3) is 0.364. The van der Waals surface area contributed by atoms with E-state index in [9.17, 15) is 14.7 Å². The predicted molar refractivity (Wildman–Crippen MR) is 107 cm³/mol. The van der Waals surface area contributed by atoms with E-state index in [2.05, 4.69) is 16.0 Å². The number of aromatic nitrogens is 2. The van der Waals surface area contributed by atoms with Crippen LogP contribution in [0.1, 0.15) is 35.2 Å². The Balaban J connectivity index is 1.55. The number of hydrogen-bond acceptors (Lipinski definition) is 3. The summed E-state index contributed by atoms with van der Waals surface area (Å²) in [5.41, 5.74) is 3.97. The number of likely N-dealkylation sites (tertiary alicyclic amines) is 1. The van der Waals surface area contributed by atoms with Crippen LogP contribution in [0.25, 0.3) is 10.9 Å². The molecule has 4 heterocycles. The van der Waals surface area contributed by atoms with Crippen LogP contribution in [0.15, 0.2) is 47.4 Å². The lowest BCUT2D eigenvalue weighted by molar-refractivity contribution is -0.144. The summed E-state index contributed by atoms with van der Waals surface area (Å²) in [4.78, 5) is 29.9. The Morgan fingerprint density at radius 1 is 1.21 bits per heavy atom. The maximum Gasteiger partial charge on any atom is 0.325 e. The highest BCUT2D eigenvalue weighted by atomic mass is 16.4. The van der Waals surface area contributed by atoms with Gasteiger partial charge in [0.1, 0.15) is 6.04 Å². The fourth-order valence-electron chi connectivity index (χ4n) is 5.11. The second kappa shape index (κ2) is 6.34. The molecule has 0 saturated carbocycles. The Bertz CT molecular complexity index is 1130. The van der Waals surface area contributed by atoms with E-state index < -0.39 is 12.0 Å². The molecule has 2 aliphatic heterocycles. The fourth-order valence-corrected chi connectivity index (χ4v) is 5.11. The third-order valence-corrected chi connectivity index (χ3v) is 6.27. The molecular formula is C22H23N3O3. The average Bonchev–Trinajstić information content (AvgIpc) is 3.05. The van der Waals surface area contributed by atoms with E-state index in [1.165, 1.54) is 0 Å². The molecule has 1 saturated heterocycles. The number of aromatic amines is 1. The lowest BCUT2D eigenvalue weighted by Crippen LogP contribution is -2.49. The summed E-state index contributed by atoms with van der Waals surface area (Å²) in [5, 5.41) is 11.1. The standard InChI is InChI=1S/C22H23N3O3/c1-13-5-6-18-16(7-13)17(9-23-18)21(22(27)28)24-10-14-8-15(12-24)19-3-2-4-20(26)25(19)11-14/h2-7,9,14-15,21,23H,8,10-12H2,1H3,(H,27,28)/t14-,15-,21+/m1/s1. The number of rotatable bonds is 3. The van der Waals surface area contributed by atoms with E-state index in [0.717, 1.165) is 34.1 Å².